The molecule has 1 N–H and O–H groups in total. The first-order chi connectivity index (χ1) is 9.15. The van der Waals surface area contributed by atoms with Gasteiger partial charge in [-0.15, -0.1) is 0 Å². The van der Waals surface area contributed by atoms with E-state index in [1.54, 1.807) is 0 Å². The third kappa shape index (κ3) is 3.10. The summed E-state index contributed by atoms with van der Waals surface area (Å²) in [6.45, 7) is 7.70. The fourth-order valence-corrected chi connectivity index (χ4v) is 2.33. The molecular formula is C15H20ClN3. The lowest BCUT2D eigenvalue weighted by Gasteiger charge is -2.09. The monoisotopic (exact) mass is 277 g/mol. The molecule has 0 saturated carbocycles. The van der Waals surface area contributed by atoms with E-state index in [2.05, 4.69) is 48.5 Å². The minimum absolute atomic E-state index is 0.695. The van der Waals surface area contributed by atoms with Gasteiger partial charge in [-0.2, -0.15) is 5.10 Å². The second-order valence-electron chi connectivity index (χ2n) is 4.57. The number of nitrogens with zero attached hydrogens (tertiary/aromatic N) is 2. The number of aryl methyl sites for hydroxylation is 3. The maximum atomic E-state index is 6.29. The highest BCUT2D eigenvalue weighted by molar-refractivity contribution is 6.31. The van der Waals surface area contributed by atoms with Gasteiger partial charge < -0.3 is 5.32 Å². The molecule has 0 aliphatic rings. The highest BCUT2D eigenvalue weighted by atomic mass is 35.5. The molecule has 0 amide bonds. The van der Waals surface area contributed by atoms with E-state index in [-0.39, 0.29) is 0 Å². The second kappa shape index (κ2) is 6.11. The Bertz CT molecular complexity index is 561. The fraction of sp³-hybridized carbons (Fsp3) is 0.400. The zero-order valence-electron chi connectivity index (χ0n) is 11.7. The van der Waals surface area contributed by atoms with Crippen molar-refractivity contribution in [2.24, 2.45) is 0 Å². The minimum atomic E-state index is 0.695. The lowest BCUT2D eigenvalue weighted by Crippen LogP contribution is -2.08. The van der Waals surface area contributed by atoms with Crippen LogP contribution in [0.25, 0.3) is 0 Å². The SMILES string of the molecule is CCc1cccc(NCc2c(Cl)c(C)nn2CC)c1. The zero-order valence-corrected chi connectivity index (χ0v) is 12.5. The molecule has 102 valence electrons. The van der Waals surface area contributed by atoms with Gasteiger partial charge >= 0.3 is 0 Å². The van der Waals surface area contributed by atoms with Crippen molar-refractivity contribution in [3.63, 3.8) is 0 Å². The van der Waals surface area contributed by atoms with Gasteiger partial charge in [-0.25, -0.2) is 0 Å². The van der Waals surface area contributed by atoms with Crippen LogP contribution < -0.4 is 5.32 Å². The number of aromatic nitrogens is 2. The van der Waals surface area contributed by atoms with Crippen LogP contribution in [0.2, 0.25) is 5.02 Å². The molecule has 0 aliphatic heterocycles. The summed E-state index contributed by atoms with van der Waals surface area (Å²) in [6.07, 6.45) is 1.04. The van der Waals surface area contributed by atoms with Gasteiger partial charge in [0.15, 0.2) is 0 Å². The van der Waals surface area contributed by atoms with Gasteiger partial charge in [-0.1, -0.05) is 30.7 Å². The first-order valence-electron chi connectivity index (χ1n) is 6.70. The Morgan fingerprint density at radius 3 is 2.79 bits per heavy atom. The predicted octanol–water partition coefficient (Wildman–Crippen LogP) is 4.04. The summed E-state index contributed by atoms with van der Waals surface area (Å²) in [5.41, 5.74) is 4.39. The fourth-order valence-electron chi connectivity index (χ4n) is 2.12. The number of hydrogen-bond donors (Lipinski definition) is 1. The average molecular weight is 278 g/mol. The van der Waals surface area contributed by atoms with E-state index in [1.165, 1.54) is 5.56 Å². The number of anilines is 1. The third-order valence-corrected chi connectivity index (χ3v) is 3.74. The molecule has 19 heavy (non-hydrogen) atoms. The number of hydrogen-bond acceptors (Lipinski definition) is 2. The van der Waals surface area contributed by atoms with Gasteiger partial charge in [0.1, 0.15) is 0 Å². The molecular weight excluding hydrogens is 258 g/mol. The molecule has 0 unspecified atom stereocenters. The Morgan fingerprint density at radius 2 is 2.11 bits per heavy atom. The average Bonchev–Trinajstić information content (AvgIpc) is 2.72. The zero-order chi connectivity index (χ0) is 13.8. The predicted molar refractivity (Wildman–Crippen MR) is 80.8 cm³/mol. The molecule has 1 aromatic heterocycles. The molecule has 0 radical (unpaired) electrons. The van der Waals surface area contributed by atoms with Crippen molar-refractivity contribution in [3.05, 3.63) is 46.2 Å². The molecule has 0 bridgehead atoms. The van der Waals surface area contributed by atoms with Crippen molar-refractivity contribution in [1.29, 1.82) is 0 Å². The van der Waals surface area contributed by atoms with Crippen LogP contribution in [-0.2, 0) is 19.5 Å². The molecule has 2 aromatic rings. The largest absolute Gasteiger partial charge is 0.379 e. The first-order valence-corrected chi connectivity index (χ1v) is 7.08. The maximum absolute atomic E-state index is 6.29. The second-order valence-corrected chi connectivity index (χ2v) is 4.95. The van der Waals surface area contributed by atoms with Crippen molar-refractivity contribution in [3.8, 4) is 0 Å². The van der Waals surface area contributed by atoms with Crippen molar-refractivity contribution < 1.29 is 0 Å². The quantitative estimate of drug-likeness (QED) is 0.894. The lowest BCUT2D eigenvalue weighted by molar-refractivity contribution is 0.623. The van der Waals surface area contributed by atoms with E-state index in [0.717, 1.165) is 35.1 Å². The third-order valence-electron chi connectivity index (χ3n) is 3.25. The number of benzene rings is 1. The first kappa shape index (κ1) is 13.9. The molecule has 3 nitrogen and oxygen atoms in total. The number of halogens is 1. The normalized spacial score (nSPS) is 10.7. The molecule has 1 aromatic carbocycles. The van der Waals surface area contributed by atoms with Crippen LogP contribution in [0.5, 0.6) is 0 Å². The number of nitrogens with one attached hydrogen (secondary N) is 1. The highest BCUT2D eigenvalue weighted by Gasteiger charge is 2.11. The standard InChI is InChI=1S/C15H20ClN3/c1-4-12-7-6-8-13(9-12)17-10-14-15(16)11(3)18-19(14)5-2/h6-9,17H,4-5,10H2,1-3H3. The molecule has 1 heterocycles. The van der Waals surface area contributed by atoms with Crippen LogP contribution in [0.3, 0.4) is 0 Å². The molecule has 0 atom stereocenters. The summed E-state index contributed by atoms with van der Waals surface area (Å²) in [6, 6.07) is 8.46. The van der Waals surface area contributed by atoms with Gasteiger partial charge in [0, 0.05) is 12.2 Å². The topological polar surface area (TPSA) is 29.9 Å². The Balaban J connectivity index is 2.14. The molecule has 2 rings (SSSR count). The molecule has 0 fully saturated rings. The van der Waals surface area contributed by atoms with Gasteiger partial charge in [0.05, 0.1) is 23.0 Å². The summed E-state index contributed by atoms with van der Waals surface area (Å²) in [7, 11) is 0. The van der Waals surface area contributed by atoms with E-state index >= 15 is 0 Å². The summed E-state index contributed by atoms with van der Waals surface area (Å²) < 4.78 is 1.95. The van der Waals surface area contributed by atoms with E-state index in [9.17, 15) is 0 Å². The van der Waals surface area contributed by atoms with Crippen molar-refractivity contribution in [1.82, 2.24) is 9.78 Å². The van der Waals surface area contributed by atoms with Crippen LogP contribution >= 0.6 is 11.6 Å². The highest BCUT2D eigenvalue weighted by Crippen LogP contribution is 2.21. The van der Waals surface area contributed by atoms with Gasteiger partial charge in [-0.3, -0.25) is 4.68 Å². The van der Waals surface area contributed by atoms with Gasteiger partial charge in [-0.05, 0) is 38.0 Å². The van der Waals surface area contributed by atoms with Crippen LogP contribution in [0.1, 0.15) is 30.8 Å². The van der Waals surface area contributed by atoms with Crippen LogP contribution in [0.15, 0.2) is 24.3 Å². The Labute approximate surface area is 119 Å². The summed E-state index contributed by atoms with van der Waals surface area (Å²) in [4.78, 5) is 0. The number of rotatable bonds is 5. The van der Waals surface area contributed by atoms with E-state index < -0.39 is 0 Å². The Kier molecular flexibility index (Phi) is 4.48. The van der Waals surface area contributed by atoms with Gasteiger partial charge in [0.25, 0.3) is 0 Å². The van der Waals surface area contributed by atoms with Crippen LogP contribution in [0, 0.1) is 6.92 Å². The van der Waals surface area contributed by atoms with Crippen molar-refractivity contribution >= 4 is 17.3 Å². The molecule has 4 heteroatoms. The molecule has 0 aliphatic carbocycles. The van der Waals surface area contributed by atoms with E-state index in [1.807, 2.05) is 11.6 Å². The molecule has 0 saturated heterocycles. The van der Waals surface area contributed by atoms with Crippen LogP contribution in [0.4, 0.5) is 5.69 Å². The summed E-state index contributed by atoms with van der Waals surface area (Å²) in [5, 5.41) is 8.60. The minimum Gasteiger partial charge on any atom is -0.379 e. The smallest absolute Gasteiger partial charge is 0.0865 e. The summed E-state index contributed by atoms with van der Waals surface area (Å²) >= 11 is 6.29. The molecule has 0 spiro atoms. The summed E-state index contributed by atoms with van der Waals surface area (Å²) in [5.74, 6) is 0. The van der Waals surface area contributed by atoms with Crippen molar-refractivity contribution in [2.45, 2.75) is 40.3 Å². The maximum Gasteiger partial charge on any atom is 0.0865 e. The van der Waals surface area contributed by atoms with Crippen LogP contribution in [-0.4, -0.2) is 9.78 Å². The Hall–Kier alpha value is -1.48. The van der Waals surface area contributed by atoms with Crippen molar-refractivity contribution in [2.75, 3.05) is 5.32 Å². The van der Waals surface area contributed by atoms with Gasteiger partial charge in [0.2, 0.25) is 0 Å². The van der Waals surface area contributed by atoms with E-state index in [0.29, 0.717) is 6.54 Å². The Morgan fingerprint density at radius 1 is 1.32 bits per heavy atom. The lowest BCUT2D eigenvalue weighted by atomic mass is 10.1. The van der Waals surface area contributed by atoms with E-state index in [4.69, 9.17) is 11.6 Å².